The maximum atomic E-state index is 2.43. The molecule has 0 saturated carbocycles. The van der Waals surface area contributed by atoms with E-state index in [1.54, 1.807) is 0 Å². The van der Waals surface area contributed by atoms with E-state index >= 15 is 0 Å². The molecule has 1 aliphatic heterocycles. The fourth-order valence-electron chi connectivity index (χ4n) is 2.42. The van der Waals surface area contributed by atoms with E-state index in [0.29, 0.717) is 0 Å². The van der Waals surface area contributed by atoms with Gasteiger partial charge in [-0.2, -0.15) is 0 Å². The Kier molecular flexibility index (Phi) is 3.57. The molecule has 12 heavy (non-hydrogen) atoms. The summed E-state index contributed by atoms with van der Waals surface area (Å²) < 4.78 is 1.34. The number of rotatable bonds is 3. The summed E-state index contributed by atoms with van der Waals surface area (Å²) >= 11 is 0. The van der Waals surface area contributed by atoms with Crippen LogP contribution in [0.15, 0.2) is 0 Å². The average Bonchev–Trinajstić information content (AvgIpc) is 2.06. The van der Waals surface area contributed by atoms with Gasteiger partial charge in [-0.25, -0.2) is 0 Å². The SMILES string of the molecule is CCC[N+]1(C)CCC(CC)CC1. The zero-order chi connectivity index (χ0) is 9.03. The number of likely N-dealkylation sites (tertiary alicyclic amines) is 1. The van der Waals surface area contributed by atoms with Crippen LogP contribution in [0.5, 0.6) is 0 Å². The smallest absolute Gasteiger partial charge is 0.0787 e. The lowest BCUT2D eigenvalue weighted by atomic mass is 9.93. The molecular formula is C11H24N+. The molecule has 1 rings (SSSR count). The van der Waals surface area contributed by atoms with Crippen LogP contribution in [0.4, 0.5) is 0 Å². The highest BCUT2D eigenvalue weighted by molar-refractivity contribution is 4.62. The van der Waals surface area contributed by atoms with E-state index < -0.39 is 0 Å². The zero-order valence-electron chi connectivity index (χ0n) is 8.97. The van der Waals surface area contributed by atoms with Gasteiger partial charge in [0.25, 0.3) is 0 Å². The zero-order valence-corrected chi connectivity index (χ0v) is 8.97. The maximum absolute atomic E-state index is 2.43. The minimum atomic E-state index is 1.04. The highest BCUT2D eigenvalue weighted by Crippen LogP contribution is 2.24. The lowest BCUT2D eigenvalue weighted by Gasteiger charge is -2.40. The summed E-state index contributed by atoms with van der Waals surface area (Å²) in [5.74, 6) is 1.04. The third-order valence-electron chi connectivity index (χ3n) is 3.50. The van der Waals surface area contributed by atoms with Gasteiger partial charge in [0, 0.05) is 0 Å². The van der Waals surface area contributed by atoms with Gasteiger partial charge in [0.2, 0.25) is 0 Å². The lowest BCUT2D eigenvalue weighted by molar-refractivity contribution is -0.915. The van der Waals surface area contributed by atoms with Gasteiger partial charge in [0.05, 0.1) is 26.7 Å². The molecule has 0 aliphatic carbocycles. The summed E-state index contributed by atoms with van der Waals surface area (Å²) in [4.78, 5) is 0. The second-order valence-corrected chi connectivity index (χ2v) is 4.64. The second kappa shape index (κ2) is 4.27. The van der Waals surface area contributed by atoms with E-state index in [4.69, 9.17) is 0 Å². The fourth-order valence-corrected chi connectivity index (χ4v) is 2.42. The number of hydrogen-bond acceptors (Lipinski definition) is 0. The molecule has 1 heteroatoms. The molecule has 1 fully saturated rings. The highest BCUT2D eigenvalue weighted by atomic mass is 15.3. The van der Waals surface area contributed by atoms with Crippen LogP contribution in [-0.4, -0.2) is 31.2 Å². The molecule has 0 spiro atoms. The molecule has 0 aromatic carbocycles. The Labute approximate surface area is 77.4 Å². The van der Waals surface area contributed by atoms with Crippen molar-refractivity contribution >= 4 is 0 Å². The van der Waals surface area contributed by atoms with Crippen LogP contribution in [0.2, 0.25) is 0 Å². The van der Waals surface area contributed by atoms with E-state index in [1.165, 1.54) is 49.8 Å². The summed E-state index contributed by atoms with van der Waals surface area (Å²) in [5.41, 5.74) is 0. The topological polar surface area (TPSA) is 0 Å². The van der Waals surface area contributed by atoms with Crippen LogP contribution in [0, 0.1) is 5.92 Å². The predicted molar refractivity (Wildman–Crippen MR) is 54.1 cm³/mol. The Balaban J connectivity index is 2.33. The summed E-state index contributed by atoms with van der Waals surface area (Å²) in [6.45, 7) is 8.87. The first-order chi connectivity index (χ1) is 5.70. The summed E-state index contributed by atoms with van der Waals surface area (Å²) in [6, 6.07) is 0. The van der Waals surface area contributed by atoms with Crippen LogP contribution in [0.3, 0.4) is 0 Å². The minimum Gasteiger partial charge on any atom is -0.326 e. The van der Waals surface area contributed by atoms with Crippen LogP contribution in [-0.2, 0) is 0 Å². The van der Waals surface area contributed by atoms with Gasteiger partial charge >= 0.3 is 0 Å². The van der Waals surface area contributed by atoms with Gasteiger partial charge in [-0.15, -0.1) is 0 Å². The van der Waals surface area contributed by atoms with Crippen molar-refractivity contribution < 1.29 is 4.48 Å². The van der Waals surface area contributed by atoms with Crippen LogP contribution in [0.1, 0.15) is 39.5 Å². The summed E-state index contributed by atoms with van der Waals surface area (Å²) in [6.07, 6.45) is 5.67. The van der Waals surface area contributed by atoms with Crippen LogP contribution >= 0.6 is 0 Å². The monoisotopic (exact) mass is 170 g/mol. The third-order valence-corrected chi connectivity index (χ3v) is 3.50. The first kappa shape index (κ1) is 10.0. The van der Waals surface area contributed by atoms with Crippen molar-refractivity contribution in [3.8, 4) is 0 Å². The number of piperidine rings is 1. The van der Waals surface area contributed by atoms with Gasteiger partial charge < -0.3 is 4.48 Å². The Bertz CT molecular complexity index is 123. The molecule has 0 bridgehead atoms. The minimum absolute atomic E-state index is 1.04. The van der Waals surface area contributed by atoms with Crippen molar-refractivity contribution in [2.24, 2.45) is 5.92 Å². The molecule has 0 radical (unpaired) electrons. The first-order valence-corrected chi connectivity index (χ1v) is 5.53. The number of hydrogen-bond donors (Lipinski definition) is 0. The molecule has 1 nitrogen and oxygen atoms in total. The van der Waals surface area contributed by atoms with Crippen molar-refractivity contribution in [3.63, 3.8) is 0 Å². The molecule has 0 atom stereocenters. The summed E-state index contributed by atoms with van der Waals surface area (Å²) in [7, 11) is 2.43. The molecule has 0 N–H and O–H groups in total. The molecule has 0 aromatic rings. The van der Waals surface area contributed by atoms with Crippen molar-refractivity contribution in [2.45, 2.75) is 39.5 Å². The predicted octanol–water partition coefficient (Wildman–Crippen LogP) is 2.66. The van der Waals surface area contributed by atoms with Gasteiger partial charge in [-0.05, 0) is 25.2 Å². The molecular weight excluding hydrogens is 146 g/mol. The van der Waals surface area contributed by atoms with E-state index in [2.05, 4.69) is 20.9 Å². The van der Waals surface area contributed by atoms with Crippen LogP contribution < -0.4 is 0 Å². The molecule has 0 aromatic heterocycles. The van der Waals surface area contributed by atoms with Crippen molar-refractivity contribution in [2.75, 3.05) is 26.7 Å². The molecule has 1 saturated heterocycles. The van der Waals surface area contributed by atoms with Crippen molar-refractivity contribution in [3.05, 3.63) is 0 Å². The molecule has 1 aliphatic rings. The molecule has 1 heterocycles. The Hall–Kier alpha value is -0.0400. The maximum Gasteiger partial charge on any atom is 0.0787 e. The largest absolute Gasteiger partial charge is 0.326 e. The number of quaternary nitrogens is 1. The van der Waals surface area contributed by atoms with Crippen molar-refractivity contribution in [1.29, 1.82) is 0 Å². The second-order valence-electron chi connectivity index (χ2n) is 4.64. The summed E-state index contributed by atoms with van der Waals surface area (Å²) in [5, 5.41) is 0. The van der Waals surface area contributed by atoms with Gasteiger partial charge in [0.1, 0.15) is 0 Å². The molecule has 72 valence electrons. The van der Waals surface area contributed by atoms with Crippen LogP contribution in [0.25, 0.3) is 0 Å². The van der Waals surface area contributed by atoms with Gasteiger partial charge in [0.15, 0.2) is 0 Å². The van der Waals surface area contributed by atoms with E-state index in [-0.39, 0.29) is 0 Å². The Morgan fingerprint density at radius 3 is 2.17 bits per heavy atom. The number of nitrogens with zero attached hydrogens (tertiary/aromatic N) is 1. The normalized spacial score (nSPS) is 36.8. The van der Waals surface area contributed by atoms with E-state index in [9.17, 15) is 0 Å². The van der Waals surface area contributed by atoms with Crippen molar-refractivity contribution in [1.82, 2.24) is 0 Å². The highest BCUT2D eigenvalue weighted by Gasteiger charge is 2.27. The molecule has 0 unspecified atom stereocenters. The van der Waals surface area contributed by atoms with E-state index in [0.717, 1.165) is 5.92 Å². The average molecular weight is 170 g/mol. The fraction of sp³-hybridized carbons (Fsp3) is 1.00. The van der Waals surface area contributed by atoms with Gasteiger partial charge in [-0.1, -0.05) is 20.3 Å². The van der Waals surface area contributed by atoms with Gasteiger partial charge in [-0.3, -0.25) is 0 Å². The Morgan fingerprint density at radius 2 is 1.75 bits per heavy atom. The molecule has 0 amide bonds. The standard InChI is InChI=1S/C11H24N/c1-4-8-12(3)9-6-11(5-2)7-10-12/h11H,4-10H2,1-3H3/q+1. The van der Waals surface area contributed by atoms with E-state index in [1.807, 2.05) is 0 Å². The quantitative estimate of drug-likeness (QED) is 0.571. The lowest BCUT2D eigenvalue weighted by Crippen LogP contribution is -2.50. The third kappa shape index (κ3) is 2.48. The Morgan fingerprint density at radius 1 is 1.17 bits per heavy atom. The first-order valence-electron chi connectivity index (χ1n) is 5.53.